The van der Waals surface area contributed by atoms with Crippen molar-refractivity contribution in [1.82, 2.24) is 9.97 Å². The van der Waals surface area contributed by atoms with Crippen molar-refractivity contribution in [1.29, 1.82) is 0 Å². The van der Waals surface area contributed by atoms with Crippen LogP contribution in [0, 0.1) is 3.57 Å². The maximum absolute atomic E-state index is 6.36. The average molecular weight is 469 g/mol. The molecule has 2 aliphatic rings. The summed E-state index contributed by atoms with van der Waals surface area (Å²) in [7, 11) is 0. The molecule has 4 rings (SSSR count). The minimum Gasteiger partial charge on any atom is -0.351 e. The van der Waals surface area contributed by atoms with Crippen LogP contribution < -0.4 is 10.6 Å². The summed E-state index contributed by atoms with van der Waals surface area (Å²) in [4.78, 5) is 9.47. The lowest BCUT2D eigenvalue weighted by molar-refractivity contribution is 0.460. The van der Waals surface area contributed by atoms with Gasteiger partial charge in [0.1, 0.15) is 5.82 Å². The summed E-state index contributed by atoms with van der Waals surface area (Å²) in [5.41, 5.74) is 2.02. The average Bonchev–Trinajstić information content (AvgIpc) is 3.43. The SMILES string of the molecule is Clc1cc(I)ccc1Nc1cc(C2CC2)nc(NC2CCCCC2)n1. The molecule has 2 saturated carbocycles. The van der Waals surface area contributed by atoms with Gasteiger partial charge in [0.05, 0.1) is 16.4 Å². The molecule has 1 aromatic heterocycles. The fourth-order valence-electron chi connectivity index (χ4n) is 3.34. The molecule has 0 aliphatic heterocycles. The third-order valence-corrected chi connectivity index (χ3v) is 5.86. The maximum Gasteiger partial charge on any atom is 0.225 e. The van der Waals surface area contributed by atoms with Gasteiger partial charge in [0.25, 0.3) is 0 Å². The van der Waals surface area contributed by atoms with E-state index in [1.165, 1.54) is 44.9 Å². The standard InChI is InChI=1S/C19H22ClIN4/c20-15-10-13(21)8-9-16(15)23-18-11-17(12-6-7-12)24-19(25-18)22-14-4-2-1-3-5-14/h8-12,14H,1-7H2,(H2,22,23,24,25). The molecule has 0 spiro atoms. The topological polar surface area (TPSA) is 49.8 Å². The molecule has 2 fully saturated rings. The number of halogens is 2. The number of benzene rings is 1. The van der Waals surface area contributed by atoms with Crippen molar-refractivity contribution in [2.24, 2.45) is 0 Å². The maximum atomic E-state index is 6.36. The van der Waals surface area contributed by atoms with Gasteiger partial charge in [0.2, 0.25) is 5.95 Å². The first kappa shape index (κ1) is 17.3. The Labute approximate surface area is 167 Å². The van der Waals surface area contributed by atoms with E-state index in [-0.39, 0.29) is 0 Å². The van der Waals surface area contributed by atoms with E-state index in [0.717, 1.165) is 26.7 Å². The number of hydrogen-bond donors (Lipinski definition) is 2. The Balaban J connectivity index is 1.57. The first-order valence-electron chi connectivity index (χ1n) is 9.05. The molecule has 6 heteroatoms. The van der Waals surface area contributed by atoms with Crippen LogP contribution in [-0.4, -0.2) is 16.0 Å². The molecule has 0 atom stereocenters. The van der Waals surface area contributed by atoms with E-state index in [1.807, 2.05) is 18.2 Å². The minimum atomic E-state index is 0.498. The van der Waals surface area contributed by atoms with Crippen molar-refractivity contribution in [3.63, 3.8) is 0 Å². The van der Waals surface area contributed by atoms with Gasteiger partial charge < -0.3 is 10.6 Å². The summed E-state index contributed by atoms with van der Waals surface area (Å²) < 4.78 is 1.12. The molecule has 0 saturated heterocycles. The molecule has 25 heavy (non-hydrogen) atoms. The third kappa shape index (κ3) is 4.56. The molecule has 2 aromatic rings. The van der Waals surface area contributed by atoms with Gasteiger partial charge >= 0.3 is 0 Å². The molecule has 0 unspecified atom stereocenters. The Morgan fingerprint density at radius 1 is 1.00 bits per heavy atom. The Hall–Kier alpha value is -1.08. The molecule has 0 amide bonds. The molecule has 1 aromatic carbocycles. The van der Waals surface area contributed by atoms with Crippen LogP contribution in [0.5, 0.6) is 0 Å². The smallest absolute Gasteiger partial charge is 0.225 e. The second-order valence-electron chi connectivity index (χ2n) is 7.00. The predicted molar refractivity (Wildman–Crippen MR) is 112 cm³/mol. The largest absolute Gasteiger partial charge is 0.351 e. The highest BCUT2D eigenvalue weighted by molar-refractivity contribution is 14.1. The molecule has 2 N–H and O–H groups in total. The van der Waals surface area contributed by atoms with Crippen molar-refractivity contribution in [3.8, 4) is 0 Å². The molecule has 2 aliphatic carbocycles. The van der Waals surface area contributed by atoms with Crippen LogP contribution in [0.3, 0.4) is 0 Å². The van der Waals surface area contributed by atoms with Gasteiger partial charge in [-0.1, -0.05) is 30.9 Å². The molecule has 4 nitrogen and oxygen atoms in total. The van der Waals surface area contributed by atoms with E-state index in [2.05, 4.69) is 39.3 Å². The third-order valence-electron chi connectivity index (χ3n) is 4.87. The molecular weight excluding hydrogens is 447 g/mol. The second kappa shape index (κ2) is 7.66. The van der Waals surface area contributed by atoms with E-state index in [1.54, 1.807) is 0 Å². The summed E-state index contributed by atoms with van der Waals surface area (Å²) in [6, 6.07) is 8.56. The van der Waals surface area contributed by atoms with Crippen LogP contribution in [0.2, 0.25) is 5.02 Å². The molecule has 0 radical (unpaired) electrons. The van der Waals surface area contributed by atoms with Gasteiger partial charge in [0.15, 0.2) is 0 Å². The van der Waals surface area contributed by atoms with E-state index < -0.39 is 0 Å². The number of anilines is 3. The zero-order valence-electron chi connectivity index (χ0n) is 14.1. The fraction of sp³-hybridized carbons (Fsp3) is 0.474. The Bertz CT molecular complexity index is 757. The van der Waals surface area contributed by atoms with E-state index in [0.29, 0.717) is 17.0 Å². The highest BCUT2D eigenvalue weighted by Crippen LogP contribution is 2.40. The minimum absolute atomic E-state index is 0.498. The molecule has 132 valence electrons. The lowest BCUT2D eigenvalue weighted by Crippen LogP contribution is -2.23. The number of rotatable bonds is 5. The van der Waals surface area contributed by atoms with Crippen LogP contribution in [0.4, 0.5) is 17.5 Å². The van der Waals surface area contributed by atoms with Crippen molar-refractivity contribution < 1.29 is 0 Å². The molecule has 1 heterocycles. The van der Waals surface area contributed by atoms with Crippen molar-refractivity contribution in [3.05, 3.63) is 38.6 Å². The van der Waals surface area contributed by atoms with Crippen molar-refractivity contribution >= 4 is 51.6 Å². The van der Waals surface area contributed by atoms with Gasteiger partial charge in [-0.15, -0.1) is 0 Å². The van der Waals surface area contributed by atoms with Crippen LogP contribution in [0.15, 0.2) is 24.3 Å². The van der Waals surface area contributed by atoms with E-state index in [4.69, 9.17) is 21.6 Å². The fourth-order valence-corrected chi connectivity index (χ4v) is 4.24. The highest BCUT2D eigenvalue weighted by atomic mass is 127. The van der Waals surface area contributed by atoms with Gasteiger partial charge in [-0.05, 0) is 66.5 Å². The summed E-state index contributed by atoms with van der Waals surface area (Å²) in [5, 5.41) is 7.64. The Morgan fingerprint density at radius 3 is 2.52 bits per heavy atom. The van der Waals surface area contributed by atoms with Gasteiger partial charge in [-0.25, -0.2) is 4.98 Å². The van der Waals surface area contributed by atoms with Gasteiger partial charge in [-0.2, -0.15) is 4.98 Å². The monoisotopic (exact) mass is 468 g/mol. The van der Waals surface area contributed by atoms with Crippen LogP contribution in [0.1, 0.15) is 56.6 Å². The summed E-state index contributed by atoms with van der Waals surface area (Å²) >= 11 is 8.63. The quantitative estimate of drug-likeness (QED) is 0.521. The summed E-state index contributed by atoms with van der Waals surface area (Å²) in [6.07, 6.45) is 8.81. The van der Waals surface area contributed by atoms with Crippen LogP contribution in [0.25, 0.3) is 0 Å². The van der Waals surface area contributed by atoms with Crippen LogP contribution in [-0.2, 0) is 0 Å². The summed E-state index contributed by atoms with van der Waals surface area (Å²) in [6.45, 7) is 0. The number of aromatic nitrogens is 2. The number of hydrogen-bond acceptors (Lipinski definition) is 4. The Morgan fingerprint density at radius 2 is 1.80 bits per heavy atom. The molecule has 0 bridgehead atoms. The molecular formula is C19H22ClIN4. The lowest BCUT2D eigenvalue weighted by Gasteiger charge is -2.23. The second-order valence-corrected chi connectivity index (χ2v) is 8.66. The lowest BCUT2D eigenvalue weighted by atomic mass is 9.96. The van der Waals surface area contributed by atoms with Crippen molar-refractivity contribution in [2.75, 3.05) is 10.6 Å². The summed E-state index contributed by atoms with van der Waals surface area (Å²) in [5.74, 6) is 2.15. The Kier molecular flexibility index (Phi) is 5.31. The normalized spacial score (nSPS) is 18.2. The van der Waals surface area contributed by atoms with Crippen molar-refractivity contribution in [2.45, 2.75) is 56.9 Å². The first-order chi connectivity index (χ1) is 12.2. The van der Waals surface area contributed by atoms with E-state index >= 15 is 0 Å². The van der Waals surface area contributed by atoms with Crippen LogP contribution >= 0.6 is 34.2 Å². The number of nitrogens with zero attached hydrogens (tertiary/aromatic N) is 2. The first-order valence-corrected chi connectivity index (χ1v) is 10.5. The van der Waals surface area contributed by atoms with Gasteiger partial charge in [-0.3, -0.25) is 0 Å². The number of nitrogens with one attached hydrogen (secondary N) is 2. The van der Waals surface area contributed by atoms with Gasteiger partial charge in [0, 0.05) is 21.6 Å². The highest BCUT2D eigenvalue weighted by Gasteiger charge is 2.26. The zero-order valence-corrected chi connectivity index (χ0v) is 17.0. The predicted octanol–water partition coefficient (Wildman–Crippen LogP) is 6.10. The zero-order chi connectivity index (χ0) is 17.2. The van der Waals surface area contributed by atoms with E-state index in [9.17, 15) is 0 Å².